The number of hydrogen-bond donors (Lipinski definition) is 2. The Morgan fingerprint density at radius 2 is 1.92 bits per heavy atom. The fourth-order valence-corrected chi connectivity index (χ4v) is 5.51. The van der Waals surface area contributed by atoms with Crippen molar-refractivity contribution in [3.63, 3.8) is 0 Å². The smallest absolute Gasteiger partial charge is 0.410 e. The van der Waals surface area contributed by atoms with E-state index in [-0.39, 0.29) is 30.2 Å². The molecule has 2 aromatic rings. The van der Waals surface area contributed by atoms with Crippen LogP contribution in [0.5, 0.6) is 5.75 Å². The van der Waals surface area contributed by atoms with Crippen LogP contribution in [0.25, 0.3) is 0 Å². The Balaban J connectivity index is 1.37. The number of aromatic hydroxyl groups is 1. The summed E-state index contributed by atoms with van der Waals surface area (Å²) in [5.41, 5.74) is 3.40. The van der Waals surface area contributed by atoms with Gasteiger partial charge in [0.2, 0.25) is 0 Å². The normalized spacial score (nSPS) is 16.9. The first kappa shape index (κ1) is 26.8. The summed E-state index contributed by atoms with van der Waals surface area (Å²) in [5.74, 6) is -0.174. The molecule has 0 saturated carbocycles. The quantitative estimate of drug-likeness (QED) is 0.536. The standard InChI is InChI=1S/C26H32BBrN4O5/c1-30(2)24(34)22(15-16-13-19(27)23(33)20(28)14-16)37-26(36)31-10-8-18(9-11-31)32-12-7-17-5-3-4-6-21(17)29-25(32)35/h3-6,13-14,18,22,33H,7-12,15,27H2,1-2H3,(H,29,35)/t22-/m1/s1. The van der Waals surface area contributed by atoms with Crippen LogP contribution in [0.3, 0.4) is 0 Å². The first-order valence-electron chi connectivity index (χ1n) is 12.4. The number of para-hydroxylation sites is 1. The van der Waals surface area contributed by atoms with Crippen molar-refractivity contribution in [2.75, 3.05) is 39.0 Å². The van der Waals surface area contributed by atoms with Crippen LogP contribution in [0.1, 0.15) is 24.0 Å². The lowest BCUT2D eigenvalue weighted by Gasteiger charge is -2.37. The first-order valence-corrected chi connectivity index (χ1v) is 13.2. The number of phenols is 1. The van der Waals surface area contributed by atoms with Gasteiger partial charge in [-0.2, -0.15) is 0 Å². The zero-order valence-electron chi connectivity index (χ0n) is 21.4. The molecule has 196 valence electrons. The minimum atomic E-state index is -0.994. The second-order valence-electron chi connectivity index (χ2n) is 9.80. The second-order valence-corrected chi connectivity index (χ2v) is 10.7. The molecule has 2 aromatic carbocycles. The summed E-state index contributed by atoms with van der Waals surface area (Å²) in [6.45, 7) is 1.50. The van der Waals surface area contributed by atoms with Crippen LogP contribution in [-0.4, -0.2) is 91.6 Å². The summed E-state index contributed by atoms with van der Waals surface area (Å²) in [7, 11) is 5.01. The van der Waals surface area contributed by atoms with Crippen LogP contribution in [0.2, 0.25) is 0 Å². The van der Waals surface area contributed by atoms with Gasteiger partial charge in [-0.15, -0.1) is 0 Å². The SMILES string of the molecule is Bc1cc(C[C@@H](OC(=O)N2CCC(N3CCc4ccccc4NC3=O)CC2)C(=O)N(C)C)cc(Br)c1O. The van der Waals surface area contributed by atoms with Gasteiger partial charge in [-0.3, -0.25) is 4.79 Å². The van der Waals surface area contributed by atoms with Crippen LogP contribution < -0.4 is 10.8 Å². The van der Waals surface area contributed by atoms with Gasteiger partial charge in [0, 0.05) is 51.9 Å². The zero-order chi connectivity index (χ0) is 26.7. The second kappa shape index (κ2) is 11.5. The van der Waals surface area contributed by atoms with E-state index in [4.69, 9.17) is 4.74 Å². The van der Waals surface area contributed by atoms with Crippen molar-refractivity contribution in [3.05, 3.63) is 52.0 Å². The van der Waals surface area contributed by atoms with Crippen LogP contribution in [0.4, 0.5) is 15.3 Å². The molecule has 0 aliphatic carbocycles. The van der Waals surface area contributed by atoms with E-state index in [1.165, 1.54) is 4.90 Å². The number of likely N-dealkylation sites (N-methyl/N-ethyl adjacent to an activating group) is 1. The van der Waals surface area contributed by atoms with Crippen molar-refractivity contribution < 1.29 is 24.2 Å². The number of urea groups is 1. The van der Waals surface area contributed by atoms with Gasteiger partial charge in [0.1, 0.15) is 13.6 Å². The molecule has 0 radical (unpaired) electrons. The molecule has 0 spiro atoms. The number of nitrogens with one attached hydrogen (secondary N) is 1. The Labute approximate surface area is 226 Å². The Hall–Kier alpha value is -3.21. The van der Waals surface area contributed by atoms with E-state index in [2.05, 4.69) is 21.2 Å². The van der Waals surface area contributed by atoms with E-state index >= 15 is 0 Å². The van der Waals surface area contributed by atoms with E-state index in [1.54, 1.807) is 39.0 Å². The molecule has 0 unspecified atom stereocenters. The topological polar surface area (TPSA) is 102 Å². The minimum absolute atomic E-state index is 0.0230. The largest absolute Gasteiger partial charge is 0.507 e. The third-order valence-corrected chi connectivity index (χ3v) is 7.60. The lowest BCUT2D eigenvalue weighted by molar-refractivity contribution is -0.138. The number of anilines is 1. The molecule has 1 saturated heterocycles. The summed E-state index contributed by atoms with van der Waals surface area (Å²) in [6, 6.07) is 11.2. The molecule has 0 aromatic heterocycles. The van der Waals surface area contributed by atoms with Gasteiger partial charge in [0.05, 0.1) is 4.47 Å². The maximum Gasteiger partial charge on any atom is 0.410 e. The lowest BCUT2D eigenvalue weighted by atomic mass is 9.91. The number of ether oxygens (including phenoxy) is 1. The number of carbonyl (C=O) groups is 3. The number of rotatable bonds is 5. The number of benzene rings is 2. The van der Waals surface area contributed by atoms with Crippen molar-refractivity contribution in [2.24, 2.45) is 0 Å². The lowest BCUT2D eigenvalue weighted by Crippen LogP contribution is -2.51. The van der Waals surface area contributed by atoms with Crippen molar-refractivity contribution in [3.8, 4) is 5.75 Å². The molecule has 2 heterocycles. The average Bonchev–Trinajstić information content (AvgIpc) is 3.04. The monoisotopic (exact) mass is 570 g/mol. The number of piperidine rings is 1. The number of carbonyl (C=O) groups excluding carboxylic acids is 3. The highest BCUT2D eigenvalue weighted by Crippen LogP contribution is 2.26. The van der Waals surface area contributed by atoms with Gasteiger partial charge in [-0.25, -0.2) is 9.59 Å². The Morgan fingerprint density at radius 1 is 1.22 bits per heavy atom. The van der Waals surface area contributed by atoms with Crippen molar-refractivity contribution in [2.45, 2.75) is 37.8 Å². The van der Waals surface area contributed by atoms with Gasteiger partial charge in [-0.1, -0.05) is 24.3 Å². The van der Waals surface area contributed by atoms with Crippen LogP contribution >= 0.6 is 15.9 Å². The summed E-state index contributed by atoms with van der Waals surface area (Å²) in [4.78, 5) is 43.6. The highest BCUT2D eigenvalue weighted by molar-refractivity contribution is 9.10. The number of nitrogens with zero attached hydrogens (tertiary/aromatic N) is 3. The summed E-state index contributed by atoms with van der Waals surface area (Å²) in [6.07, 6.45) is 0.697. The Bertz CT molecular complexity index is 1160. The number of fused-ring (bicyclic) bond motifs is 1. The van der Waals surface area contributed by atoms with E-state index in [1.807, 2.05) is 29.2 Å². The predicted molar refractivity (Wildman–Crippen MR) is 147 cm³/mol. The molecule has 11 heteroatoms. The molecular formula is C26H32BBrN4O5. The highest BCUT2D eigenvalue weighted by atomic mass is 79.9. The average molecular weight is 571 g/mol. The van der Waals surface area contributed by atoms with Crippen LogP contribution in [0.15, 0.2) is 40.9 Å². The summed E-state index contributed by atoms with van der Waals surface area (Å²) in [5, 5.41) is 13.0. The molecule has 9 nitrogen and oxygen atoms in total. The van der Waals surface area contributed by atoms with Crippen molar-refractivity contribution in [1.29, 1.82) is 0 Å². The molecule has 1 fully saturated rings. The molecule has 2 aliphatic heterocycles. The van der Waals surface area contributed by atoms with E-state index < -0.39 is 12.2 Å². The molecule has 2 aliphatic rings. The number of halogens is 1. The van der Waals surface area contributed by atoms with E-state index in [0.29, 0.717) is 42.4 Å². The molecule has 1 atom stereocenters. The van der Waals surface area contributed by atoms with E-state index in [9.17, 15) is 19.5 Å². The van der Waals surface area contributed by atoms with Gasteiger partial charge in [-0.05, 0) is 63.9 Å². The molecule has 0 bridgehead atoms. The molecule has 4 amide bonds. The molecule has 37 heavy (non-hydrogen) atoms. The first-order chi connectivity index (χ1) is 17.6. The van der Waals surface area contributed by atoms with Crippen molar-refractivity contribution >= 4 is 53.0 Å². The number of likely N-dealkylation sites (tertiary alicyclic amines) is 1. The number of amides is 4. The third kappa shape index (κ3) is 6.21. The van der Waals surface area contributed by atoms with Crippen molar-refractivity contribution in [1.82, 2.24) is 14.7 Å². The maximum atomic E-state index is 13.1. The fourth-order valence-electron chi connectivity index (χ4n) is 4.90. The van der Waals surface area contributed by atoms with Crippen LogP contribution in [0, 0.1) is 0 Å². The van der Waals surface area contributed by atoms with Gasteiger partial charge < -0.3 is 29.9 Å². The maximum absolute atomic E-state index is 13.1. The molecule has 2 N–H and O–H groups in total. The van der Waals surface area contributed by atoms with Gasteiger partial charge in [0.15, 0.2) is 6.10 Å². The zero-order valence-corrected chi connectivity index (χ0v) is 23.0. The fraction of sp³-hybridized carbons (Fsp3) is 0.423. The summed E-state index contributed by atoms with van der Waals surface area (Å²) < 4.78 is 6.24. The van der Waals surface area contributed by atoms with Crippen LogP contribution in [-0.2, 0) is 22.4 Å². The predicted octanol–water partition coefficient (Wildman–Crippen LogP) is 2.10. The summed E-state index contributed by atoms with van der Waals surface area (Å²) >= 11 is 3.33. The molecule has 4 rings (SSSR count). The minimum Gasteiger partial charge on any atom is -0.507 e. The van der Waals surface area contributed by atoms with Gasteiger partial charge >= 0.3 is 12.1 Å². The van der Waals surface area contributed by atoms with Gasteiger partial charge in [0.25, 0.3) is 5.91 Å². The molecular weight excluding hydrogens is 539 g/mol. The number of hydrogen-bond acceptors (Lipinski definition) is 5. The highest BCUT2D eigenvalue weighted by Gasteiger charge is 2.34. The Morgan fingerprint density at radius 3 is 2.59 bits per heavy atom. The Kier molecular flexibility index (Phi) is 8.31. The van der Waals surface area contributed by atoms with E-state index in [0.717, 1.165) is 23.2 Å². The number of phenolic OH excluding ortho intramolecular Hbond substituents is 1. The third-order valence-electron chi connectivity index (χ3n) is 7.00.